The number of pyridine rings is 1. The average molecular weight is 427 g/mol. The van der Waals surface area contributed by atoms with Crippen LogP contribution in [-0.4, -0.2) is 46.2 Å². The summed E-state index contributed by atoms with van der Waals surface area (Å²) in [6.07, 6.45) is 1.67. The van der Waals surface area contributed by atoms with E-state index in [1.165, 1.54) is 6.92 Å². The first-order valence-electron chi connectivity index (χ1n) is 9.32. The average Bonchev–Trinajstić information content (AvgIpc) is 2.73. The number of ether oxygens (including phenoxy) is 1. The molecule has 1 fully saturated rings. The minimum atomic E-state index is -0.572. The molecule has 1 saturated heterocycles. The molecule has 1 aliphatic heterocycles. The normalized spacial score (nSPS) is 15.2. The number of rotatable bonds is 4. The molecule has 2 aromatic heterocycles. The van der Waals surface area contributed by atoms with E-state index in [4.69, 9.17) is 22.1 Å². The van der Waals surface area contributed by atoms with Crippen LogP contribution >= 0.6 is 11.6 Å². The van der Waals surface area contributed by atoms with Crippen LogP contribution in [-0.2, 0) is 4.74 Å². The van der Waals surface area contributed by atoms with Crippen molar-refractivity contribution in [2.24, 2.45) is 5.73 Å². The van der Waals surface area contributed by atoms with Crippen LogP contribution in [0.4, 0.5) is 5.82 Å². The Bertz CT molecular complexity index is 1160. The van der Waals surface area contributed by atoms with Crippen molar-refractivity contribution in [3.05, 3.63) is 63.2 Å². The van der Waals surface area contributed by atoms with Gasteiger partial charge in [0, 0.05) is 41.3 Å². The van der Waals surface area contributed by atoms with Gasteiger partial charge in [-0.1, -0.05) is 29.8 Å². The molecular weight excluding hydrogens is 408 g/mol. The molecule has 0 spiro atoms. The van der Waals surface area contributed by atoms with Gasteiger partial charge in [-0.25, -0.2) is 15.0 Å². The number of hydrogen-bond acceptors (Lipinski definition) is 8. The molecule has 9 nitrogen and oxygen atoms in total. The number of nitrogens with zero attached hydrogens (tertiary/aromatic N) is 5. The smallest absolute Gasteiger partial charge is 0.331 e. The first-order chi connectivity index (χ1) is 14.5. The molecule has 10 heteroatoms. The fraction of sp³-hybridized carbons (Fsp3) is 0.250. The summed E-state index contributed by atoms with van der Waals surface area (Å²) in [4.78, 5) is 26.6. The first kappa shape index (κ1) is 20.0. The zero-order valence-corrected chi connectivity index (χ0v) is 17.0. The van der Waals surface area contributed by atoms with Crippen LogP contribution in [0, 0.1) is 10.1 Å². The second-order valence-corrected chi connectivity index (χ2v) is 7.23. The molecular formula is C20H19ClN6O3. The van der Waals surface area contributed by atoms with Crippen molar-refractivity contribution >= 4 is 34.0 Å². The van der Waals surface area contributed by atoms with Crippen LogP contribution in [0.25, 0.3) is 27.9 Å². The van der Waals surface area contributed by atoms with Crippen molar-refractivity contribution in [3.8, 4) is 11.3 Å². The van der Waals surface area contributed by atoms with E-state index >= 15 is 0 Å². The van der Waals surface area contributed by atoms with Crippen LogP contribution in [0.5, 0.6) is 0 Å². The predicted octanol–water partition coefficient (Wildman–Crippen LogP) is 3.11. The fourth-order valence-corrected chi connectivity index (χ4v) is 3.57. The number of hydrogen-bond donors (Lipinski definition) is 1. The Kier molecular flexibility index (Phi) is 5.47. The highest BCUT2D eigenvalue weighted by Crippen LogP contribution is 2.33. The molecule has 0 saturated carbocycles. The van der Waals surface area contributed by atoms with Gasteiger partial charge in [-0.15, -0.1) is 0 Å². The van der Waals surface area contributed by atoms with Crippen molar-refractivity contribution in [3.63, 3.8) is 0 Å². The minimum absolute atomic E-state index is 0.0203. The monoisotopic (exact) mass is 426 g/mol. The molecule has 4 rings (SSSR count). The van der Waals surface area contributed by atoms with Crippen molar-refractivity contribution in [1.29, 1.82) is 0 Å². The maximum absolute atomic E-state index is 11.6. The number of aromatic nitrogens is 3. The summed E-state index contributed by atoms with van der Waals surface area (Å²) in [5.41, 5.74) is 7.07. The predicted molar refractivity (Wildman–Crippen MR) is 115 cm³/mol. The lowest BCUT2D eigenvalue weighted by Gasteiger charge is -2.27. The van der Waals surface area contributed by atoms with Gasteiger partial charge in [0.25, 0.3) is 0 Å². The molecule has 0 bridgehead atoms. The zero-order chi connectivity index (χ0) is 21.3. The Hall–Kier alpha value is -3.30. The van der Waals surface area contributed by atoms with Crippen LogP contribution in [0.1, 0.15) is 12.7 Å². The van der Waals surface area contributed by atoms with Crippen LogP contribution in [0.3, 0.4) is 0 Å². The third-order valence-corrected chi connectivity index (χ3v) is 5.13. The van der Waals surface area contributed by atoms with E-state index in [0.29, 0.717) is 53.5 Å². The van der Waals surface area contributed by atoms with Gasteiger partial charge >= 0.3 is 5.70 Å². The number of nitrogens with two attached hydrogens (primary N) is 1. The number of allylic oxidation sites excluding steroid dienone is 1. The molecule has 0 aliphatic carbocycles. The summed E-state index contributed by atoms with van der Waals surface area (Å²) < 4.78 is 5.40. The molecule has 154 valence electrons. The number of nitro groups is 1. The molecule has 0 radical (unpaired) electrons. The third kappa shape index (κ3) is 3.77. The summed E-state index contributed by atoms with van der Waals surface area (Å²) in [5, 5.41) is 12.7. The summed E-state index contributed by atoms with van der Waals surface area (Å²) in [5.74, 6) is 0.651. The van der Waals surface area contributed by atoms with Crippen LogP contribution in [0.2, 0.25) is 5.02 Å². The van der Waals surface area contributed by atoms with Gasteiger partial charge in [0.15, 0.2) is 0 Å². The van der Waals surface area contributed by atoms with E-state index < -0.39 is 4.92 Å². The summed E-state index contributed by atoms with van der Waals surface area (Å²) in [6.45, 7) is 4.08. The molecule has 3 heterocycles. The van der Waals surface area contributed by atoms with E-state index in [0.717, 1.165) is 5.82 Å². The Balaban J connectivity index is 1.97. The van der Waals surface area contributed by atoms with Crippen molar-refractivity contribution in [1.82, 2.24) is 15.0 Å². The van der Waals surface area contributed by atoms with Crippen molar-refractivity contribution in [2.75, 3.05) is 31.2 Å². The molecule has 1 aromatic carbocycles. The maximum atomic E-state index is 11.6. The van der Waals surface area contributed by atoms with Crippen molar-refractivity contribution in [2.45, 2.75) is 6.92 Å². The van der Waals surface area contributed by atoms with Gasteiger partial charge < -0.3 is 15.4 Å². The van der Waals surface area contributed by atoms with E-state index in [1.807, 2.05) is 6.07 Å². The number of fused-ring (bicyclic) bond motifs is 1. The highest BCUT2D eigenvalue weighted by atomic mass is 35.5. The topological polar surface area (TPSA) is 120 Å². The van der Waals surface area contributed by atoms with Gasteiger partial charge in [-0.3, -0.25) is 10.1 Å². The minimum Gasteiger partial charge on any atom is -0.397 e. The van der Waals surface area contributed by atoms with E-state index in [9.17, 15) is 10.1 Å². The second-order valence-electron chi connectivity index (χ2n) is 6.82. The van der Waals surface area contributed by atoms with Crippen molar-refractivity contribution < 1.29 is 9.66 Å². The second kappa shape index (κ2) is 8.21. The molecule has 0 atom stereocenters. The molecule has 30 heavy (non-hydrogen) atoms. The SMILES string of the molecule is CC(N)=C(c1nc(-c2ccccc2Cl)c2cnc(N3CCOCC3)cc2n1)[N+](=O)[O-]. The van der Waals surface area contributed by atoms with Gasteiger partial charge in [0.1, 0.15) is 5.82 Å². The molecule has 0 unspecified atom stereocenters. The number of anilines is 1. The van der Waals surface area contributed by atoms with Gasteiger partial charge in [0.05, 0.1) is 35.0 Å². The van der Waals surface area contributed by atoms with Gasteiger partial charge in [-0.2, -0.15) is 0 Å². The standard InChI is InChI=1S/C20H19ClN6O3/c1-12(22)19(27(28)29)20-24-16-10-17(26-6-8-30-9-7-26)23-11-14(16)18(25-20)13-4-2-3-5-15(13)21/h2-5,10-11H,6-9,22H2,1H3. The lowest BCUT2D eigenvalue weighted by Crippen LogP contribution is -2.36. The maximum Gasteiger partial charge on any atom is 0.331 e. The Morgan fingerprint density at radius 1 is 1.27 bits per heavy atom. The summed E-state index contributed by atoms with van der Waals surface area (Å²) in [7, 11) is 0. The quantitative estimate of drug-likeness (QED) is 0.499. The first-order valence-corrected chi connectivity index (χ1v) is 9.70. The van der Waals surface area contributed by atoms with E-state index in [1.54, 1.807) is 30.5 Å². The molecule has 2 N–H and O–H groups in total. The van der Waals surface area contributed by atoms with Gasteiger partial charge in [-0.05, 0) is 13.0 Å². The summed E-state index contributed by atoms with van der Waals surface area (Å²) >= 11 is 6.40. The molecule has 0 amide bonds. The van der Waals surface area contributed by atoms with E-state index in [2.05, 4.69) is 19.9 Å². The number of benzene rings is 1. The summed E-state index contributed by atoms with van der Waals surface area (Å²) in [6, 6.07) is 8.96. The molecule has 3 aromatic rings. The van der Waals surface area contributed by atoms with Crippen LogP contribution < -0.4 is 10.6 Å². The lowest BCUT2D eigenvalue weighted by atomic mass is 10.1. The highest BCUT2D eigenvalue weighted by molar-refractivity contribution is 6.33. The van der Waals surface area contributed by atoms with Crippen LogP contribution in [0.15, 0.2) is 42.2 Å². The Morgan fingerprint density at radius 2 is 2.00 bits per heavy atom. The number of halogens is 1. The Morgan fingerprint density at radius 3 is 2.67 bits per heavy atom. The number of morpholine rings is 1. The highest BCUT2D eigenvalue weighted by Gasteiger charge is 2.24. The van der Waals surface area contributed by atoms with E-state index in [-0.39, 0.29) is 17.2 Å². The largest absolute Gasteiger partial charge is 0.397 e. The third-order valence-electron chi connectivity index (χ3n) is 4.80. The van der Waals surface area contributed by atoms with Gasteiger partial charge in [0.2, 0.25) is 5.82 Å². The zero-order valence-electron chi connectivity index (χ0n) is 16.2. The Labute approximate surface area is 177 Å². The lowest BCUT2D eigenvalue weighted by molar-refractivity contribution is -0.377. The fourth-order valence-electron chi connectivity index (χ4n) is 3.35. The molecule has 1 aliphatic rings.